The van der Waals surface area contributed by atoms with Gasteiger partial charge in [-0.3, -0.25) is 14.4 Å². The van der Waals surface area contributed by atoms with Gasteiger partial charge in [0, 0.05) is 12.6 Å². The summed E-state index contributed by atoms with van der Waals surface area (Å²) in [5.41, 5.74) is 5.84. The topological polar surface area (TPSA) is 134 Å². The molecule has 1 aromatic heterocycles. The first kappa shape index (κ1) is 18.1. The molecular weight excluding hydrogens is 326 g/mol. The van der Waals surface area contributed by atoms with E-state index in [2.05, 4.69) is 4.98 Å². The average Bonchev–Trinajstić information content (AvgIpc) is 2.54. The molecule has 1 heterocycles. The second-order valence-electron chi connectivity index (χ2n) is 5.45. The van der Waals surface area contributed by atoms with Crippen LogP contribution in [0.3, 0.4) is 0 Å². The molecule has 0 aliphatic heterocycles. The summed E-state index contributed by atoms with van der Waals surface area (Å²) in [4.78, 5) is 49.9. The summed E-state index contributed by atoms with van der Waals surface area (Å²) in [5.74, 6) is -2.30. The maximum atomic E-state index is 12.1. The van der Waals surface area contributed by atoms with Crippen LogP contribution >= 0.6 is 0 Å². The van der Waals surface area contributed by atoms with Crippen molar-refractivity contribution in [3.8, 4) is 11.3 Å². The minimum Gasteiger partial charge on any atom is -0.477 e. The van der Waals surface area contributed by atoms with Gasteiger partial charge < -0.3 is 15.8 Å². The zero-order valence-corrected chi connectivity index (χ0v) is 13.6. The standard InChI is InChI=1S/C17H17N3O5/c1-9(18)16(23)20(10(2)21)12-5-3-11(4-6-12)14-8-7-13(17(24)25)15(22)19-14/h3-9H,18H2,1-2H3,(H,19,22)(H,24,25). The van der Waals surface area contributed by atoms with Crippen LogP contribution in [-0.2, 0) is 9.59 Å². The van der Waals surface area contributed by atoms with E-state index in [9.17, 15) is 19.2 Å². The predicted octanol–water partition coefficient (Wildman–Crippen LogP) is 0.967. The van der Waals surface area contributed by atoms with Crippen LogP contribution in [0.2, 0.25) is 0 Å². The molecule has 0 spiro atoms. The Morgan fingerprint density at radius 3 is 2.16 bits per heavy atom. The number of pyridine rings is 1. The van der Waals surface area contributed by atoms with Crippen molar-refractivity contribution in [1.82, 2.24) is 4.98 Å². The van der Waals surface area contributed by atoms with E-state index in [1.807, 2.05) is 0 Å². The Morgan fingerprint density at radius 1 is 1.12 bits per heavy atom. The lowest BCUT2D eigenvalue weighted by Crippen LogP contribution is -2.44. The third-order valence-electron chi connectivity index (χ3n) is 3.50. The molecule has 2 rings (SSSR count). The van der Waals surface area contributed by atoms with Crippen LogP contribution in [0.15, 0.2) is 41.2 Å². The first-order chi connectivity index (χ1) is 11.7. The molecule has 130 valence electrons. The lowest BCUT2D eigenvalue weighted by molar-refractivity contribution is -0.126. The summed E-state index contributed by atoms with van der Waals surface area (Å²) in [6.07, 6.45) is 0. The number of carbonyl (C=O) groups excluding carboxylic acids is 2. The van der Waals surface area contributed by atoms with Crippen LogP contribution < -0.4 is 16.2 Å². The van der Waals surface area contributed by atoms with E-state index in [4.69, 9.17) is 10.8 Å². The molecule has 0 aliphatic carbocycles. The molecule has 0 radical (unpaired) electrons. The Kier molecular flexibility index (Phi) is 5.14. The lowest BCUT2D eigenvalue weighted by atomic mass is 10.1. The van der Waals surface area contributed by atoms with Gasteiger partial charge in [-0.05, 0) is 36.8 Å². The van der Waals surface area contributed by atoms with Crippen LogP contribution in [-0.4, -0.2) is 33.9 Å². The van der Waals surface area contributed by atoms with Gasteiger partial charge in [0.1, 0.15) is 5.56 Å². The number of carboxylic acids is 1. The third kappa shape index (κ3) is 3.81. The molecule has 0 aliphatic rings. The largest absolute Gasteiger partial charge is 0.477 e. The Balaban J connectivity index is 2.38. The quantitative estimate of drug-likeness (QED) is 0.757. The minimum atomic E-state index is -1.31. The Bertz CT molecular complexity index is 884. The van der Waals surface area contributed by atoms with Crippen molar-refractivity contribution < 1.29 is 19.5 Å². The maximum Gasteiger partial charge on any atom is 0.341 e. The number of nitrogens with one attached hydrogen (secondary N) is 1. The molecule has 25 heavy (non-hydrogen) atoms. The van der Waals surface area contributed by atoms with E-state index in [1.54, 1.807) is 24.3 Å². The summed E-state index contributed by atoms with van der Waals surface area (Å²) in [7, 11) is 0. The first-order valence-electron chi connectivity index (χ1n) is 7.39. The fourth-order valence-electron chi connectivity index (χ4n) is 2.27. The molecule has 4 N–H and O–H groups in total. The number of rotatable bonds is 4. The van der Waals surface area contributed by atoms with Gasteiger partial charge in [-0.25, -0.2) is 9.69 Å². The van der Waals surface area contributed by atoms with Crippen LogP contribution in [0, 0.1) is 0 Å². The van der Waals surface area contributed by atoms with E-state index >= 15 is 0 Å². The molecule has 0 saturated carbocycles. The smallest absolute Gasteiger partial charge is 0.341 e. The molecule has 0 saturated heterocycles. The van der Waals surface area contributed by atoms with Gasteiger partial charge in [-0.1, -0.05) is 12.1 Å². The van der Waals surface area contributed by atoms with Crippen LogP contribution in [0.1, 0.15) is 24.2 Å². The number of nitrogens with zero attached hydrogens (tertiary/aromatic N) is 1. The number of carbonyl (C=O) groups is 3. The van der Waals surface area contributed by atoms with E-state index < -0.39 is 29.4 Å². The molecule has 2 aromatic rings. The number of aromatic nitrogens is 1. The first-order valence-corrected chi connectivity index (χ1v) is 7.39. The van der Waals surface area contributed by atoms with Gasteiger partial charge >= 0.3 is 5.97 Å². The second kappa shape index (κ2) is 7.10. The summed E-state index contributed by atoms with van der Waals surface area (Å²) in [6.45, 7) is 2.75. The van der Waals surface area contributed by atoms with Gasteiger partial charge in [-0.2, -0.15) is 0 Å². The lowest BCUT2D eigenvalue weighted by Gasteiger charge is -2.21. The second-order valence-corrected chi connectivity index (χ2v) is 5.45. The van der Waals surface area contributed by atoms with E-state index in [1.165, 1.54) is 26.0 Å². The Hall–Kier alpha value is -3.26. The van der Waals surface area contributed by atoms with E-state index in [0.29, 0.717) is 16.9 Å². The molecule has 1 atom stereocenters. The minimum absolute atomic E-state index is 0.350. The van der Waals surface area contributed by atoms with Crippen LogP contribution in [0.4, 0.5) is 5.69 Å². The van der Waals surface area contributed by atoms with Crippen molar-refractivity contribution in [2.75, 3.05) is 4.90 Å². The molecular formula is C17H17N3O5. The van der Waals surface area contributed by atoms with Crippen LogP contribution in [0.25, 0.3) is 11.3 Å². The number of anilines is 1. The molecule has 8 nitrogen and oxygen atoms in total. The van der Waals surface area contributed by atoms with Crippen molar-refractivity contribution in [3.05, 3.63) is 52.3 Å². The number of benzene rings is 1. The van der Waals surface area contributed by atoms with Gasteiger partial charge in [0.15, 0.2) is 0 Å². The highest BCUT2D eigenvalue weighted by Gasteiger charge is 2.23. The number of aromatic amines is 1. The van der Waals surface area contributed by atoms with Crippen molar-refractivity contribution >= 4 is 23.5 Å². The Morgan fingerprint density at radius 2 is 1.72 bits per heavy atom. The van der Waals surface area contributed by atoms with Gasteiger partial charge in [0.2, 0.25) is 11.8 Å². The Labute approximate surface area is 142 Å². The number of imide groups is 1. The van der Waals surface area contributed by atoms with Crippen LogP contribution in [0.5, 0.6) is 0 Å². The highest BCUT2D eigenvalue weighted by atomic mass is 16.4. The SMILES string of the molecule is CC(=O)N(C(=O)C(C)N)c1ccc(-c2ccc(C(=O)O)c(=O)[nH]2)cc1. The molecule has 0 fully saturated rings. The number of nitrogens with two attached hydrogens (primary N) is 1. The molecule has 1 aromatic carbocycles. The highest BCUT2D eigenvalue weighted by molar-refractivity contribution is 6.15. The van der Waals surface area contributed by atoms with E-state index in [-0.39, 0.29) is 5.56 Å². The van der Waals surface area contributed by atoms with Gasteiger partial charge in [0.25, 0.3) is 5.56 Å². The molecule has 1 unspecified atom stereocenters. The van der Waals surface area contributed by atoms with Gasteiger partial charge in [-0.15, -0.1) is 0 Å². The zero-order valence-electron chi connectivity index (χ0n) is 13.6. The predicted molar refractivity (Wildman–Crippen MR) is 91.3 cm³/mol. The molecule has 0 bridgehead atoms. The van der Waals surface area contributed by atoms with Gasteiger partial charge in [0.05, 0.1) is 11.7 Å². The summed E-state index contributed by atoms with van der Waals surface area (Å²) >= 11 is 0. The van der Waals surface area contributed by atoms with Crippen molar-refractivity contribution in [2.24, 2.45) is 5.73 Å². The fraction of sp³-hybridized carbons (Fsp3) is 0.176. The third-order valence-corrected chi connectivity index (χ3v) is 3.50. The normalized spacial score (nSPS) is 11.6. The number of amides is 2. The molecule has 2 amide bonds. The van der Waals surface area contributed by atoms with E-state index in [0.717, 1.165) is 4.90 Å². The fourth-order valence-corrected chi connectivity index (χ4v) is 2.27. The van der Waals surface area contributed by atoms with Crippen molar-refractivity contribution in [2.45, 2.75) is 19.9 Å². The summed E-state index contributed by atoms with van der Waals surface area (Å²) in [6, 6.07) is 8.14. The monoisotopic (exact) mass is 343 g/mol. The summed E-state index contributed by atoms with van der Waals surface area (Å²) < 4.78 is 0. The number of aromatic carboxylic acids is 1. The summed E-state index contributed by atoms with van der Waals surface area (Å²) in [5, 5.41) is 8.87. The number of H-pyrrole nitrogens is 1. The highest BCUT2D eigenvalue weighted by Crippen LogP contribution is 2.22. The van der Waals surface area contributed by atoms with Crippen molar-refractivity contribution in [3.63, 3.8) is 0 Å². The maximum absolute atomic E-state index is 12.1. The number of carboxylic acid groups (broad SMARTS) is 1. The zero-order chi connectivity index (χ0) is 18.7. The number of hydrogen-bond donors (Lipinski definition) is 3. The number of hydrogen-bond acceptors (Lipinski definition) is 5. The molecule has 8 heteroatoms. The average molecular weight is 343 g/mol. The van der Waals surface area contributed by atoms with Crippen molar-refractivity contribution in [1.29, 1.82) is 0 Å².